The number of carbonyl (C=O) groups excluding carboxylic acids is 1. The van der Waals surface area contributed by atoms with Gasteiger partial charge in [-0.25, -0.2) is 9.67 Å². The Morgan fingerprint density at radius 3 is 2.83 bits per heavy atom. The molecule has 2 heterocycles. The van der Waals surface area contributed by atoms with Crippen molar-refractivity contribution in [2.45, 2.75) is 36.0 Å². The SMILES string of the molecule is COc1ccc(S[C@@H](C)C(=O)N2CCC[C@@H](n3cncn3)C2)cc1. The Hall–Kier alpha value is -2.02. The molecular formula is C17H22N4O2S. The highest BCUT2D eigenvalue weighted by molar-refractivity contribution is 8.00. The monoisotopic (exact) mass is 346 g/mol. The average molecular weight is 346 g/mol. The Bertz CT molecular complexity index is 660. The van der Waals surface area contributed by atoms with Gasteiger partial charge in [-0.3, -0.25) is 4.79 Å². The van der Waals surface area contributed by atoms with Crippen molar-refractivity contribution in [2.24, 2.45) is 0 Å². The molecule has 1 saturated heterocycles. The Balaban J connectivity index is 1.59. The Morgan fingerprint density at radius 1 is 1.38 bits per heavy atom. The van der Waals surface area contributed by atoms with E-state index in [2.05, 4.69) is 10.1 Å². The van der Waals surface area contributed by atoms with E-state index in [0.717, 1.165) is 30.0 Å². The number of aromatic nitrogens is 3. The topological polar surface area (TPSA) is 60.2 Å². The molecule has 128 valence electrons. The molecule has 2 atom stereocenters. The second-order valence-corrected chi connectivity index (χ2v) is 7.31. The first-order valence-corrected chi connectivity index (χ1v) is 8.99. The number of thioether (sulfide) groups is 1. The van der Waals surface area contributed by atoms with Crippen LogP contribution < -0.4 is 4.74 Å². The fraction of sp³-hybridized carbons (Fsp3) is 0.471. The van der Waals surface area contributed by atoms with Crippen molar-refractivity contribution < 1.29 is 9.53 Å². The number of benzene rings is 1. The van der Waals surface area contributed by atoms with E-state index in [1.54, 1.807) is 31.5 Å². The largest absolute Gasteiger partial charge is 0.497 e. The molecule has 3 rings (SSSR count). The van der Waals surface area contributed by atoms with Gasteiger partial charge in [-0.05, 0) is 44.0 Å². The lowest BCUT2D eigenvalue weighted by Gasteiger charge is -2.34. The predicted octanol–water partition coefficient (Wildman–Crippen LogP) is 2.63. The van der Waals surface area contributed by atoms with Gasteiger partial charge < -0.3 is 9.64 Å². The average Bonchev–Trinajstić information content (AvgIpc) is 3.16. The number of ether oxygens (including phenoxy) is 1. The Morgan fingerprint density at radius 2 is 2.17 bits per heavy atom. The molecule has 1 aromatic heterocycles. The van der Waals surface area contributed by atoms with Crippen molar-refractivity contribution in [1.29, 1.82) is 0 Å². The molecule has 1 fully saturated rings. The molecule has 7 heteroatoms. The van der Waals surface area contributed by atoms with Crippen LogP contribution in [0.5, 0.6) is 5.75 Å². The summed E-state index contributed by atoms with van der Waals surface area (Å²) < 4.78 is 7.03. The van der Waals surface area contributed by atoms with Gasteiger partial charge in [0.1, 0.15) is 18.4 Å². The molecule has 0 N–H and O–H groups in total. The zero-order valence-electron chi connectivity index (χ0n) is 14.0. The van der Waals surface area contributed by atoms with E-state index >= 15 is 0 Å². The van der Waals surface area contributed by atoms with Crippen LogP contribution in [0.3, 0.4) is 0 Å². The summed E-state index contributed by atoms with van der Waals surface area (Å²) in [6.07, 6.45) is 5.31. The molecule has 1 aliphatic rings. The van der Waals surface area contributed by atoms with Gasteiger partial charge in [0.25, 0.3) is 0 Å². The third-order valence-corrected chi connectivity index (χ3v) is 5.34. The van der Waals surface area contributed by atoms with Crippen molar-refractivity contribution in [1.82, 2.24) is 19.7 Å². The lowest BCUT2D eigenvalue weighted by molar-refractivity contribution is -0.132. The second-order valence-electron chi connectivity index (χ2n) is 5.89. The molecular weight excluding hydrogens is 324 g/mol. The van der Waals surface area contributed by atoms with Crippen molar-refractivity contribution >= 4 is 17.7 Å². The number of rotatable bonds is 5. The van der Waals surface area contributed by atoms with Crippen LogP contribution in [0.15, 0.2) is 41.8 Å². The summed E-state index contributed by atoms with van der Waals surface area (Å²) in [5.74, 6) is 1.01. The third kappa shape index (κ3) is 3.90. The standard InChI is InChI=1S/C17H22N4O2S/c1-13(24-16-7-5-15(23-2)6-8-16)17(22)20-9-3-4-14(10-20)21-12-18-11-19-21/h5-8,11-14H,3-4,9-10H2,1-2H3/t13-,14+/m0/s1. The summed E-state index contributed by atoms with van der Waals surface area (Å²) >= 11 is 1.58. The quantitative estimate of drug-likeness (QED) is 0.779. The molecule has 0 unspecified atom stereocenters. The highest BCUT2D eigenvalue weighted by Gasteiger charge is 2.28. The van der Waals surface area contributed by atoms with Crippen LogP contribution >= 0.6 is 11.8 Å². The van der Waals surface area contributed by atoms with Gasteiger partial charge in [0.2, 0.25) is 5.91 Å². The lowest BCUT2D eigenvalue weighted by Crippen LogP contribution is -2.44. The highest BCUT2D eigenvalue weighted by atomic mass is 32.2. The van der Waals surface area contributed by atoms with E-state index in [9.17, 15) is 4.79 Å². The van der Waals surface area contributed by atoms with Crippen molar-refractivity contribution in [3.63, 3.8) is 0 Å². The van der Waals surface area contributed by atoms with E-state index in [1.807, 2.05) is 40.8 Å². The number of methoxy groups -OCH3 is 1. The first-order chi connectivity index (χ1) is 11.7. The predicted molar refractivity (Wildman–Crippen MR) is 93.2 cm³/mol. The molecule has 0 bridgehead atoms. The first kappa shape index (κ1) is 16.8. The molecule has 0 spiro atoms. The van der Waals surface area contributed by atoms with E-state index in [1.165, 1.54) is 0 Å². The molecule has 6 nitrogen and oxygen atoms in total. The van der Waals surface area contributed by atoms with Gasteiger partial charge in [-0.15, -0.1) is 11.8 Å². The zero-order chi connectivity index (χ0) is 16.9. The van der Waals surface area contributed by atoms with E-state index in [4.69, 9.17) is 4.74 Å². The van der Waals surface area contributed by atoms with Crippen molar-refractivity contribution in [3.05, 3.63) is 36.9 Å². The third-order valence-electron chi connectivity index (χ3n) is 4.24. The van der Waals surface area contributed by atoms with Gasteiger partial charge in [-0.2, -0.15) is 5.10 Å². The van der Waals surface area contributed by atoms with Crippen LogP contribution in [-0.4, -0.2) is 51.0 Å². The summed E-state index contributed by atoms with van der Waals surface area (Å²) in [5, 5.41) is 4.10. The second kappa shape index (κ2) is 7.70. The van der Waals surface area contributed by atoms with Gasteiger partial charge >= 0.3 is 0 Å². The van der Waals surface area contributed by atoms with Crippen LogP contribution in [0.2, 0.25) is 0 Å². The number of likely N-dealkylation sites (tertiary alicyclic amines) is 1. The molecule has 1 aliphatic heterocycles. The van der Waals surface area contributed by atoms with E-state index < -0.39 is 0 Å². The van der Waals surface area contributed by atoms with Crippen LogP contribution in [-0.2, 0) is 4.79 Å². The maximum Gasteiger partial charge on any atom is 0.235 e. The highest BCUT2D eigenvalue weighted by Crippen LogP contribution is 2.28. The number of amides is 1. The summed E-state index contributed by atoms with van der Waals surface area (Å²) in [6.45, 7) is 3.49. The number of nitrogens with zero attached hydrogens (tertiary/aromatic N) is 4. The normalized spacial score (nSPS) is 19.1. The fourth-order valence-corrected chi connectivity index (χ4v) is 3.89. The Kier molecular flexibility index (Phi) is 5.40. The van der Waals surface area contributed by atoms with Crippen LogP contribution in [0.4, 0.5) is 0 Å². The molecule has 0 aliphatic carbocycles. The summed E-state index contributed by atoms with van der Waals surface area (Å²) in [6, 6.07) is 8.04. The lowest BCUT2D eigenvalue weighted by atomic mass is 10.1. The zero-order valence-corrected chi connectivity index (χ0v) is 14.8. The number of carbonyl (C=O) groups is 1. The first-order valence-electron chi connectivity index (χ1n) is 8.11. The minimum absolute atomic E-state index is 0.118. The minimum atomic E-state index is -0.118. The number of hydrogen-bond acceptors (Lipinski definition) is 5. The van der Waals surface area contributed by atoms with E-state index in [-0.39, 0.29) is 17.2 Å². The van der Waals surface area contributed by atoms with Gasteiger partial charge in [0.05, 0.1) is 18.4 Å². The number of piperidine rings is 1. The fourth-order valence-electron chi connectivity index (χ4n) is 2.94. The Labute approximate surface area is 146 Å². The smallest absolute Gasteiger partial charge is 0.235 e. The molecule has 1 aromatic carbocycles. The van der Waals surface area contributed by atoms with Crippen LogP contribution in [0.25, 0.3) is 0 Å². The van der Waals surface area contributed by atoms with E-state index in [0.29, 0.717) is 6.54 Å². The molecule has 0 radical (unpaired) electrons. The van der Waals surface area contributed by atoms with Gasteiger partial charge in [0.15, 0.2) is 0 Å². The summed E-state index contributed by atoms with van der Waals surface area (Å²) in [5.41, 5.74) is 0. The molecule has 2 aromatic rings. The maximum absolute atomic E-state index is 12.8. The summed E-state index contributed by atoms with van der Waals surface area (Å²) in [4.78, 5) is 19.8. The van der Waals surface area contributed by atoms with Crippen molar-refractivity contribution in [3.8, 4) is 5.75 Å². The maximum atomic E-state index is 12.8. The molecule has 0 saturated carbocycles. The number of hydrogen-bond donors (Lipinski definition) is 0. The minimum Gasteiger partial charge on any atom is -0.497 e. The molecule has 24 heavy (non-hydrogen) atoms. The van der Waals surface area contributed by atoms with Crippen LogP contribution in [0, 0.1) is 0 Å². The van der Waals surface area contributed by atoms with Gasteiger partial charge in [0, 0.05) is 18.0 Å². The van der Waals surface area contributed by atoms with Crippen LogP contribution in [0.1, 0.15) is 25.8 Å². The summed E-state index contributed by atoms with van der Waals surface area (Å²) in [7, 11) is 1.65. The molecule has 1 amide bonds. The van der Waals surface area contributed by atoms with Crippen molar-refractivity contribution in [2.75, 3.05) is 20.2 Å². The van der Waals surface area contributed by atoms with Gasteiger partial charge in [-0.1, -0.05) is 0 Å².